The predicted octanol–water partition coefficient (Wildman–Crippen LogP) is 4.83. The van der Waals surface area contributed by atoms with E-state index in [0.717, 1.165) is 22.0 Å². The van der Waals surface area contributed by atoms with E-state index in [-0.39, 0.29) is 10.7 Å². The number of para-hydroxylation sites is 1. The van der Waals surface area contributed by atoms with Crippen LogP contribution in [0.1, 0.15) is 16.7 Å². The fourth-order valence-electron chi connectivity index (χ4n) is 4.04. The predicted molar refractivity (Wildman–Crippen MR) is 135 cm³/mol. The number of carbonyl (C=O) groups is 2. The van der Waals surface area contributed by atoms with E-state index in [4.69, 9.17) is 12.2 Å². The van der Waals surface area contributed by atoms with Crippen molar-refractivity contribution >= 4 is 51.8 Å². The van der Waals surface area contributed by atoms with Crippen LogP contribution in [0, 0.1) is 6.92 Å². The molecule has 1 aliphatic heterocycles. The Balaban J connectivity index is 1.57. The Morgan fingerprint density at radius 3 is 2.36 bits per heavy atom. The van der Waals surface area contributed by atoms with Gasteiger partial charge in [0.1, 0.15) is 5.57 Å². The summed E-state index contributed by atoms with van der Waals surface area (Å²) in [5.41, 5.74) is 4.74. The molecule has 5 rings (SSSR count). The summed E-state index contributed by atoms with van der Waals surface area (Å²) in [6.45, 7) is 2.66. The molecule has 1 saturated heterocycles. The summed E-state index contributed by atoms with van der Waals surface area (Å²) in [7, 11) is 0. The maximum atomic E-state index is 13.4. The average molecular weight is 452 g/mol. The molecule has 6 heteroatoms. The van der Waals surface area contributed by atoms with Crippen molar-refractivity contribution in [2.24, 2.45) is 0 Å². The fraction of sp³-hybridized carbons (Fsp3) is 0.0741. The minimum atomic E-state index is -0.492. The summed E-state index contributed by atoms with van der Waals surface area (Å²) in [6, 6.07) is 25.6. The van der Waals surface area contributed by atoms with Crippen LogP contribution >= 0.6 is 12.2 Å². The van der Waals surface area contributed by atoms with Gasteiger partial charge in [0.05, 0.1) is 5.69 Å². The second kappa shape index (κ2) is 8.48. The number of rotatable bonds is 4. The molecule has 4 aromatic rings. The van der Waals surface area contributed by atoms with Gasteiger partial charge in [0.25, 0.3) is 11.8 Å². The molecule has 0 aliphatic carbocycles. The molecule has 162 valence electrons. The molecule has 1 aliphatic rings. The van der Waals surface area contributed by atoms with Gasteiger partial charge in [0.2, 0.25) is 0 Å². The number of hydrogen-bond acceptors (Lipinski definition) is 3. The van der Waals surface area contributed by atoms with Crippen LogP contribution in [0.2, 0.25) is 0 Å². The first-order valence-electron chi connectivity index (χ1n) is 10.6. The second-order valence-corrected chi connectivity index (χ2v) is 8.40. The number of aryl methyl sites for hydroxylation is 1. The van der Waals surface area contributed by atoms with Gasteiger partial charge in [-0.1, -0.05) is 66.2 Å². The van der Waals surface area contributed by atoms with E-state index >= 15 is 0 Å². The molecule has 5 nitrogen and oxygen atoms in total. The Morgan fingerprint density at radius 2 is 1.61 bits per heavy atom. The Kier molecular flexibility index (Phi) is 5.36. The van der Waals surface area contributed by atoms with E-state index in [0.29, 0.717) is 12.2 Å². The number of benzene rings is 3. The van der Waals surface area contributed by atoms with Crippen LogP contribution in [0.15, 0.2) is 90.6 Å². The maximum absolute atomic E-state index is 13.4. The number of hydrogen-bond donors (Lipinski definition) is 1. The Morgan fingerprint density at radius 1 is 0.909 bits per heavy atom. The summed E-state index contributed by atoms with van der Waals surface area (Å²) in [6.07, 6.45) is 3.64. The van der Waals surface area contributed by atoms with Gasteiger partial charge in [-0.2, -0.15) is 0 Å². The molecule has 0 unspecified atom stereocenters. The van der Waals surface area contributed by atoms with Crippen molar-refractivity contribution in [2.75, 3.05) is 4.90 Å². The largest absolute Gasteiger partial charge is 0.342 e. The first-order valence-corrected chi connectivity index (χ1v) is 11.0. The summed E-state index contributed by atoms with van der Waals surface area (Å²) < 4.78 is 2.13. The number of fused-ring (bicyclic) bond motifs is 1. The number of amides is 2. The average Bonchev–Trinajstić information content (AvgIpc) is 3.16. The third-order valence-corrected chi connectivity index (χ3v) is 5.99. The summed E-state index contributed by atoms with van der Waals surface area (Å²) in [5, 5.41) is 3.71. The molecule has 33 heavy (non-hydrogen) atoms. The minimum Gasteiger partial charge on any atom is -0.342 e. The molecule has 0 atom stereocenters. The zero-order chi connectivity index (χ0) is 22.9. The lowest BCUT2D eigenvalue weighted by Crippen LogP contribution is -2.54. The number of thiocarbonyl (C=S) groups is 1. The van der Waals surface area contributed by atoms with Gasteiger partial charge < -0.3 is 4.57 Å². The highest BCUT2D eigenvalue weighted by Gasteiger charge is 2.34. The zero-order valence-corrected chi connectivity index (χ0v) is 18.8. The first kappa shape index (κ1) is 20.8. The molecule has 0 saturated carbocycles. The highest BCUT2D eigenvalue weighted by atomic mass is 32.1. The van der Waals surface area contributed by atoms with Crippen LogP contribution in [0.25, 0.3) is 17.0 Å². The Labute approximate surface area is 196 Å². The lowest BCUT2D eigenvalue weighted by molar-refractivity contribution is -0.122. The van der Waals surface area contributed by atoms with E-state index in [1.807, 2.05) is 79.9 Å². The molecule has 0 spiro atoms. The van der Waals surface area contributed by atoms with Gasteiger partial charge in [0.15, 0.2) is 5.11 Å². The normalized spacial score (nSPS) is 15.4. The molecule has 0 bridgehead atoms. The van der Waals surface area contributed by atoms with Crippen LogP contribution in [-0.4, -0.2) is 21.5 Å². The van der Waals surface area contributed by atoms with Crippen LogP contribution in [-0.2, 0) is 16.1 Å². The highest BCUT2D eigenvalue weighted by Crippen LogP contribution is 2.27. The first-order chi connectivity index (χ1) is 16.0. The maximum Gasteiger partial charge on any atom is 0.270 e. The van der Waals surface area contributed by atoms with Crippen molar-refractivity contribution in [3.63, 3.8) is 0 Å². The molecular formula is C27H21N3O2S. The van der Waals surface area contributed by atoms with Gasteiger partial charge in [-0.25, -0.2) is 0 Å². The lowest BCUT2D eigenvalue weighted by Gasteiger charge is -2.29. The third-order valence-electron chi connectivity index (χ3n) is 5.71. The second-order valence-electron chi connectivity index (χ2n) is 8.01. The molecular weight excluding hydrogens is 430 g/mol. The van der Waals surface area contributed by atoms with Crippen molar-refractivity contribution in [3.05, 3.63) is 107 Å². The van der Waals surface area contributed by atoms with Crippen LogP contribution in [0.5, 0.6) is 0 Å². The highest BCUT2D eigenvalue weighted by molar-refractivity contribution is 7.80. The monoisotopic (exact) mass is 451 g/mol. The summed E-state index contributed by atoms with van der Waals surface area (Å²) >= 11 is 5.31. The van der Waals surface area contributed by atoms with Crippen molar-refractivity contribution < 1.29 is 9.59 Å². The number of aromatic nitrogens is 1. The molecule has 1 fully saturated rings. The standard InChI is InChI=1S/C27H21N3O2S/c1-18-11-13-21(14-12-18)30-26(32)23(25(31)28-27(30)33)15-20-17-29(16-19-7-3-2-4-8-19)24-10-6-5-9-22(20)24/h2-15,17H,16H2,1H3,(H,28,31,33). The van der Waals surface area contributed by atoms with Crippen molar-refractivity contribution in [1.29, 1.82) is 0 Å². The topological polar surface area (TPSA) is 54.3 Å². The number of carbonyl (C=O) groups excluding carboxylic acids is 2. The van der Waals surface area contributed by atoms with Crippen LogP contribution < -0.4 is 10.2 Å². The Hall–Kier alpha value is -4.03. The van der Waals surface area contributed by atoms with E-state index in [1.165, 1.54) is 10.5 Å². The summed E-state index contributed by atoms with van der Waals surface area (Å²) in [4.78, 5) is 27.5. The van der Waals surface area contributed by atoms with Gasteiger partial charge in [-0.3, -0.25) is 19.8 Å². The number of nitrogens with one attached hydrogen (secondary N) is 1. The smallest absolute Gasteiger partial charge is 0.270 e. The van der Waals surface area contributed by atoms with E-state index < -0.39 is 11.8 Å². The quantitative estimate of drug-likeness (QED) is 0.275. The zero-order valence-electron chi connectivity index (χ0n) is 18.0. The van der Waals surface area contributed by atoms with Crippen molar-refractivity contribution in [3.8, 4) is 0 Å². The van der Waals surface area contributed by atoms with Crippen molar-refractivity contribution in [1.82, 2.24) is 9.88 Å². The molecule has 1 N–H and O–H groups in total. The summed E-state index contributed by atoms with van der Waals surface area (Å²) in [5.74, 6) is -0.930. The molecule has 3 aromatic carbocycles. The fourth-order valence-corrected chi connectivity index (χ4v) is 4.32. The Bertz CT molecular complexity index is 1420. The van der Waals surface area contributed by atoms with Gasteiger partial charge in [-0.15, -0.1) is 0 Å². The van der Waals surface area contributed by atoms with Crippen LogP contribution in [0.4, 0.5) is 5.69 Å². The molecule has 2 amide bonds. The van der Waals surface area contributed by atoms with Gasteiger partial charge in [-0.05, 0) is 49.0 Å². The van der Waals surface area contributed by atoms with E-state index in [9.17, 15) is 9.59 Å². The third kappa shape index (κ3) is 3.97. The number of anilines is 1. The van der Waals surface area contributed by atoms with Crippen LogP contribution in [0.3, 0.4) is 0 Å². The van der Waals surface area contributed by atoms with Gasteiger partial charge >= 0.3 is 0 Å². The lowest BCUT2D eigenvalue weighted by atomic mass is 10.1. The van der Waals surface area contributed by atoms with E-state index in [1.54, 1.807) is 6.08 Å². The minimum absolute atomic E-state index is 0.0480. The van der Waals surface area contributed by atoms with Gasteiger partial charge in [0, 0.05) is 29.2 Å². The SMILES string of the molecule is Cc1ccc(N2C(=O)C(=Cc3cn(Cc4ccccc4)c4ccccc34)C(=O)NC2=S)cc1. The van der Waals surface area contributed by atoms with E-state index in [2.05, 4.69) is 22.0 Å². The molecule has 0 radical (unpaired) electrons. The molecule has 2 heterocycles. The number of nitrogens with zero attached hydrogens (tertiary/aromatic N) is 2. The molecule has 1 aromatic heterocycles. The van der Waals surface area contributed by atoms with Crippen molar-refractivity contribution in [2.45, 2.75) is 13.5 Å².